The molecule has 0 saturated carbocycles. The van der Waals surface area contributed by atoms with Crippen molar-refractivity contribution in [3.8, 4) is 0 Å². The number of carboxylic acid groups (broad SMARTS) is 1. The number of nitrogens with one attached hydrogen (secondary N) is 2. The molecule has 0 spiro atoms. The summed E-state index contributed by atoms with van der Waals surface area (Å²) in [6, 6.07) is -1.05. The summed E-state index contributed by atoms with van der Waals surface area (Å²) in [7, 11) is 0. The molecule has 0 aromatic carbocycles. The van der Waals surface area contributed by atoms with Crippen LogP contribution in [-0.4, -0.2) is 42.2 Å². The molecule has 0 fully saturated rings. The van der Waals surface area contributed by atoms with Crippen LogP contribution in [0.1, 0.15) is 26.7 Å². The lowest BCUT2D eigenvalue weighted by molar-refractivity contribution is -0.141. The summed E-state index contributed by atoms with van der Waals surface area (Å²) >= 11 is 0. The molecular weight excluding hydrogens is 250 g/mol. The SMILES string of the molecule is C=N/C(=C\C)CC(NC(=O)CCNC(C)=O)C(=O)O. The van der Waals surface area contributed by atoms with E-state index in [0.717, 1.165) is 0 Å². The first-order chi connectivity index (χ1) is 8.90. The van der Waals surface area contributed by atoms with Gasteiger partial charge in [0.05, 0.1) is 0 Å². The van der Waals surface area contributed by atoms with Gasteiger partial charge in [-0.05, 0) is 13.6 Å². The van der Waals surface area contributed by atoms with Crippen LogP contribution in [0.4, 0.5) is 0 Å². The minimum atomic E-state index is -1.14. The predicted octanol–water partition coefficient (Wildman–Crippen LogP) is 0.0765. The van der Waals surface area contributed by atoms with Crippen LogP contribution in [0.25, 0.3) is 0 Å². The van der Waals surface area contributed by atoms with E-state index in [0.29, 0.717) is 5.70 Å². The minimum absolute atomic E-state index is 0.0239. The molecule has 0 heterocycles. The lowest BCUT2D eigenvalue weighted by Gasteiger charge is -2.14. The molecule has 2 amide bonds. The third-order valence-electron chi connectivity index (χ3n) is 2.31. The van der Waals surface area contributed by atoms with Crippen molar-refractivity contribution in [1.82, 2.24) is 10.6 Å². The van der Waals surface area contributed by atoms with E-state index in [2.05, 4.69) is 22.3 Å². The van der Waals surface area contributed by atoms with Crippen LogP contribution in [0.2, 0.25) is 0 Å². The summed E-state index contributed by atoms with van der Waals surface area (Å²) in [6.45, 7) is 6.54. The smallest absolute Gasteiger partial charge is 0.326 e. The lowest BCUT2D eigenvalue weighted by atomic mass is 10.1. The number of carbonyl (C=O) groups is 3. The van der Waals surface area contributed by atoms with E-state index in [-0.39, 0.29) is 25.3 Å². The molecule has 0 aromatic rings. The van der Waals surface area contributed by atoms with E-state index >= 15 is 0 Å². The Hall–Kier alpha value is -2.18. The number of carboxylic acids is 1. The molecule has 7 heteroatoms. The van der Waals surface area contributed by atoms with Crippen molar-refractivity contribution in [2.75, 3.05) is 6.54 Å². The summed E-state index contributed by atoms with van der Waals surface area (Å²) in [5.74, 6) is -1.83. The molecule has 0 aromatic heterocycles. The van der Waals surface area contributed by atoms with E-state index in [4.69, 9.17) is 5.11 Å². The molecule has 7 nitrogen and oxygen atoms in total. The molecule has 0 bridgehead atoms. The zero-order valence-electron chi connectivity index (χ0n) is 11.1. The number of aliphatic carboxylic acids is 1. The number of aliphatic imine (C=N–C) groups is 1. The number of hydrogen-bond donors (Lipinski definition) is 3. The highest BCUT2D eigenvalue weighted by molar-refractivity contribution is 5.84. The van der Waals surface area contributed by atoms with Crippen molar-refractivity contribution in [3.05, 3.63) is 11.8 Å². The summed E-state index contributed by atoms with van der Waals surface area (Å²) in [5, 5.41) is 13.8. The quantitative estimate of drug-likeness (QED) is 0.542. The van der Waals surface area contributed by atoms with Crippen LogP contribution in [-0.2, 0) is 14.4 Å². The maximum atomic E-state index is 11.5. The van der Waals surface area contributed by atoms with Gasteiger partial charge in [0.1, 0.15) is 6.04 Å². The van der Waals surface area contributed by atoms with Crippen LogP contribution >= 0.6 is 0 Å². The molecule has 0 aliphatic rings. The predicted molar refractivity (Wildman–Crippen MR) is 70.8 cm³/mol. The Morgan fingerprint density at radius 2 is 2.05 bits per heavy atom. The molecule has 0 saturated heterocycles. The maximum absolute atomic E-state index is 11.5. The Morgan fingerprint density at radius 3 is 2.47 bits per heavy atom. The van der Waals surface area contributed by atoms with E-state index < -0.39 is 17.9 Å². The van der Waals surface area contributed by atoms with Gasteiger partial charge < -0.3 is 15.7 Å². The molecular formula is C12H19N3O4. The van der Waals surface area contributed by atoms with Crippen LogP contribution in [0.15, 0.2) is 16.8 Å². The third kappa shape index (κ3) is 7.69. The first-order valence-corrected chi connectivity index (χ1v) is 5.79. The van der Waals surface area contributed by atoms with Crippen molar-refractivity contribution in [2.45, 2.75) is 32.7 Å². The molecule has 0 radical (unpaired) electrons. The van der Waals surface area contributed by atoms with E-state index in [9.17, 15) is 14.4 Å². The Morgan fingerprint density at radius 1 is 1.42 bits per heavy atom. The maximum Gasteiger partial charge on any atom is 0.326 e. The number of hydrogen-bond acceptors (Lipinski definition) is 4. The lowest BCUT2D eigenvalue weighted by Crippen LogP contribution is -2.42. The van der Waals surface area contributed by atoms with Crippen molar-refractivity contribution in [2.24, 2.45) is 4.99 Å². The number of allylic oxidation sites excluding steroid dienone is 1. The highest BCUT2D eigenvalue weighted by Crippen LogP contribution is 2.07. The molecule has 0 aliphatic carbocycles. The normalized spacial score (nSPS) is 12.4. The molecule has 1 unspecified atom stereocenters. The third-order valence-corrected chi connectivity index (χ3v) is 2.31. The first kappa shape index (κ1) is 16.8. The van der Waals surface area contributed by atoms with Gasteiger partial charge in [-0.15, -0.1) is 0 Å². The van der Waals surface area contributed by atoms with Gasteiger partial charge in [-0.25, -0.2) is 4.79 Å². The zero-order valence-corrected chi connectivity index (χ0v) is 11.1. The van der Waals surface area contributed by atoms with Crippen LogP contribution in [0.3, 0.4) is 0 Å². The van der Waals surface area contributed by atoms with Gasteiger partial charge in [-0.3, -0.25) is 14.6 Å². The van der Waals surface area contributed by atoms with Gasteiger partial charge >= 0.3 is 5.97 Å². The Kier molecular flexibility index (Phi) is 7.83. The van der Waals surface area contributed by atoms with Gasteiger partial charge in [-0.2, -0.15) is 0 Å². The molecule has 3 N–H and O–H groups in total. The van der Waals surface area contributed by atoms with Gasteiger partial charge in [0.15, 0.2) is 0 Å². The van der Waals surface area contributed by atoms with Crippen molar-refractivity contribution < 1.29 is 19.5 Å². The van der Waals surface area contributed by atoms with Gasteiger partial charge in [0.2, 0.25) is 11.8 Å². The molecule has 1 atom stereocenters. The zero-order chi connectivity index (χ0) is 14.8. The fourth-order valence-corrected chi connectivity index (χ4v) is 1.30. The van der Waals surface area contributed by atoms with Gasteiger partial charge in [0, 0.05) is 32.0 Å². The van der Waals surface area contributed by atoms with Crippen molar-refractivity contribution in [3.63, 3.8) is 0 Å². The minimum Gasteiger partial charge on any atom is -0.480 e. The Labute approximate surface area is 111 Å². The summed E-state index contributed by atoms with van der Waals surface area (Å²) < 4.78 is 0. The summed E-state index contributed by atoms with van der Waals surface area (Å²) in [4.78, 5) is 36.8. The average Bonchev–Trinajstić information content (AvgIpc) is 2.33. The Bertz CT molecular complexity index is 390. The fraction of sp³-hybridized carbons (Fsp3) is 0.500. The summed E-state index contributed by atoms with van der Waals surface area (Å²) in [5.41, 5.74) is 0.495. The Balaban J connectivity index is 4.34. The second-order valence-corrected chi connectivity index (χ2v) is 3.83. The van der Waals surface area contributed by atoms with Crippen molar-refractivity contribution in [1.29, 1.82) is 0 Å². The number of nitrogens with zero attached hydrogens (tertiary/aromatic N) is 1. The fourth-order valence-electron chi connectivity index (χ4n) is 1.30. The van der Waals surface area contributed by atoms with Crippen LogP contribution in [0.5, 0.6) is 0 Å². The first-order valence-electron chi connectivity index (χ1n) is 5.79. The highest BCUT2D eigenvalue weighted by atomic mass is 16.4. The van der Waals surface area contributed by atoms with E-state index in [1.54, 1.807) is 13.0 Å². The van der Waals surface area contributed by atoms with Crippen molar-refractivity contribution >= 4 is 24.5 Å². The van der Waals surface area contributed by atoms with E-state index in [1.807, 2.05) is 0 Å². The topological polar surface area (TPSA) is 108 Å². The standard InChI is InChI=1S/C12H19N3O4/c1-4-9(13-3)7-10(12(18)19)15-11(17)5-6-14-8(2)16/h4,10H,3,5-7H2,1-2H3,(H,14,16)(H,15,17)(H,18,19)/b9-4-. The number of amides is 2. The highest BCUT2D eigenvalue weighted by Gasteiger charge is 2.20. The van der Waals surface area contributed by atoms with Crippen LogP contribution in [0, 0.1) is 0 Å². The van der Waals surface area contributed by atoms with Gasteiger partial charge in [-0.1, -0.05) is 6.08 Å². The largest absolute Gasteiger partial charge is 0.480 e. The summed E-state index contributed by atoms with van der Waals surface area (Å²) in [6.07, 6.45) is 1.73. The second kappa shape index (κ2) is 8.84. The number of carbonyl (C=O) groups excluding carboxylic acids is 2. The average molecular weight is 269 g/mol. The molecule has 0 aliphatic heterocycles. The monoisotopic (exact) mass is 269 g/mol. The molecule has 0 rings (SSSR count). The van der Waals surface area contributed by atoms with Crippen LogP contribution < -0.4 is 10.6 Å². The van der Waals surface area contributed by atoms with Gasteiger partial charge in [0.25, 0.3) is 0 Å². The molecule has 19 heavy (non-hydrogen) atoms. The molecule has 106 valence electrons. The second-order valence-electron chi connectivity index (χ2n) is 3.83. The number of rotatable bonds is 8. The van der Waals surface area contributed by atoms with E-state index in [1.165, 1.54) is 6.92 Å².